The molecule has 1 aromatic carbocycles. The largest absolute Gasteiger partial charge is 0.378 e. The van der Waals surface area contributed by atoms with Crippen LogP contribution in [0, 0.1) is 17.8 Å². The number of fused-ring (bicyclic) bond motifs is 6. The van der Waals surface area contributed by atoms with E-state index >= 15 is 0 Å². The van der Waals surface area contributed by atoms with Crippen molar-refractivity contribution < 1.29 is 9.53 Å². The summed E-state index contributed by atoms with van der Waals surface area (Å²) in [7, 11) is 4.13. The number of carbonyl (C=O) groups excluding carboxylic acids is 1. The van der Waals surface area contributed by atoms with Crippen molar-refractivity contribution in [3.63, 3.8) is 0 Å². The molecule has 5 atom stereocenters. The van der Waals surface area contributed by atoms with Crippen LogP contribution in [0.5, 0.6) is 0 Å². The van der Waals surface area contributed by atoms with Gasteiger partial charge >= 0.3 is 4.87 Å². The van der Waals surface area contributed by atoms with Crippen LogP contribution in [0.15, 0.2) is 34.1 Å². The maximum absolute atomic E-state index is 13.2. The first-order valence-corrected chi connectivity index (χ1v) is 13.7. The molecule has 33 heavy (non-hydrogen) atoms. The first kappa shape index (κ1) is 21.7. The third kappa shape index (κ3) is 3.65. The van der Waals surface area contributed by atoms with Crippen molar-refractivity contribution in [2.24, 2.45) is 17.8 Å². The van der Waals surface area contributed by atoms with Gasteiger partial charge in [0.2, 0.25) is 5.91 Å². The second-order valence-corrected chi connectivity index (χ2v) is 12.2. The summed E-state index contributed by atoms with van der Waals surface area (Å²) in [6.07, 6.45) is 3.95. The number of anilines is 1. The maximum atomic E-state index is 13.2. The molecule has 0 radical (unpaired) electrons. The van der Waals surface area contributed by atoms with Gasteiger partial charge in [0.25, 0.3) is 0 Å². The third-order valence-corrected chi connectivity index (χ3v) is 10.9. The second-order valence-electron chi connectivity index (χ2n) is 10.1. The Morgan fingerprint density at radius 2 is 1.85 bits per heavy atom. The minimum absolute atomic E-state index is 0.0105. The van der Waals surface area contributed by atoms with E-state index in [0.29, 0.717) is 37.5 Å². The van der Waals surface area contributed by atoms with Gasteiger partial charge in [0.05, 0.1) is 18.2 Å². The molecule has 6 nitrogen and oxygen atoms in total. The lowest BCUT2D eigenvalue weighted by Gasteiger charge is -2.40. The average molecular weight is 486 g/mol. The van der Waals surface area contributed by atoms with Gasteiger partial charge in [0.15, 0.2) is 0 Å². The summed E-state index contributed by atoms with van der Waals surface area (Å²) in [5.41, 5.74) is 2.51. The molecule has 2 aliphatic heterocycles. The summed E-state index contributed by atoms with van der Waals surface area (Å²) in [6, 6.07) is 8.91. The summed E-state index contributed by atoms with van der Waals surface area (Å²) in [6.45, 7) is 2.53. The molecule has 4 aliphatic rings. The summed E-state index contributed by atoms with van der Waals surface area (Å²) < 4.78 is 7.18. The number of thioether (sulfide) groups is 1. The molecule has 0 N–H and O–H groups in total. The first-order valence-electron chi connectivity index (χ1n) is 12.0. The number of thiazole rings is 1. The van der Waals surface area contributed by atoms with Crippen molar-refractivity contribution >= 4 is 34.7 Å². The monoisotopic (exact) mass is 485 g/mol. The van der Waals surface area contributed by atoms with Crippen LogP contribution in [0.2, 0.25) is 0 Å². The summed E-state index contributed by atoms with van der Waals surface area (Å²) in [4.78, 5) is 31.4. The number of amides is 1. The number of nitrogens with zero attached hydrogens (tertiary/aromatic N) is 3. The Morgan fingerprint density at radius 1 is 1.12 bits per heavy atom. The van der Waals surface area contributed by atoms with Gasteiger partial charge < -0.3 is 14.5 Å². The van der Waals surface area contributed by atoms with Crippen LogP contribution in [-0.2, 0) is 16.1 Å². The predicted octanol–water partition coefficient (Wildman–Crippen LogP) is 3.49. The van der Waals surface area contributed by atoms with Crippen LogP contribution in [0.3, 0.4) is 0 Å². The minimum Gasteiger partial charge on any atom is -0.378 e. The molecular weight excluding hydrogens is 454 g/mol. The van der Waals surface area contributed by atoms with Gasteiger partial charge in [0, 0.05) is 48.9 Å². The van der Waals surface area contributed by atoms with Crippen molar-refractivity contribution in [1.29, 1.82) is 0 Å². The Morgan fingerprint density at radius 3 is 2.58 bits per heavy atom. The Kier molecular flexibility index (Phi) is 5.58. The zero-order valence-corrected chi connectivity index (χ0v) is 20.9. The van der Waals surface area contributed by atoms with Crippen LogP contribution in [-0.4, -0.2) is 61.0 Å². The summed E-state index contributed by atoms with van der Waals surface area (Å²) in [5.74, 6) is 2.37. The molecule has 0 spiro atoms. The fraction of sp³-hybridized carbons (Fsp3) is 0.600. The van der Waals surface area contributed by atoms with Gasteiger partial charge in [-0.15, -0.1) is 11.8 Å². The number of hydrogen-bond donors (Lipinski definition) is 0. The molecule has 1 amide bonds. The van der Waals surface area contributed by atoms with Crippen molar-refractivity contribution in [1.82, 2.24) is 9.47 Å². The van der Waals surface area contributed by atoms with E-state index < -0.39 is 0 Å². The Bertz CT molecular complexity index is 1100. The Balaban J connectivity index is 1.39. The predicted molar refractivity (Wildman–Crippen MR) is 133 cm³/mol. The van der Waals surface area contributed by atoms with Crippen LogP contribution in [0.1, 0.15) is 35.6 Å². The van der Waals surface area contributed by atoms with Gasteiger partial charge in [-0.3, -0.25) is 14.2 Å². The quantitative estimate of drug-likeness (QED) is 0.664. The summed E-state index contributed by atoms with van der Waals surface area (Å²) in [5, 5.41) is 1.61. The van der Waals surface area contributed by atoms with Crippen LogP contribution < -0.4 is 9.77 Å². The number of morpholine rings is 1. The van der Waals surface area contributed by atoms with E-state index in [4.69, 9.17) is 4.74 Å². The number of rotatable bonds is 4. The number of benzene rings is 1. The lowest BCUT2D eigenvalue weighted by Crippen LogP contribution is -2.43. The van der Waals surface area contributed by atoms with Crippen molar-refractivity contribution in [3.05, 3.63) is 44.4 Å². The van der Waals surface area contributed by atoms with Crippen LogP contribution in [0.4, 0.5) is 5.69 Å². The van der Waals surface area contributed by atoms with Gasteiger partial charge in [-0.25, -0.2) is 0 Å². The third-order valence-electron chi connectivity index (χ3n) is 8.12. The second kappa shape index (κ2) is 8.47. The molecule has 6 rings (SSSR count). The SMILES string of the molecule is CN(C)c1ccc([C@@H]2c3sc(=O)n(CC(=O)N4CCOCC4)c3SC3C4CCC(C4)C32)cc1. The molecule has 2 aromatic rings. The van der Waals surface area contributed by atoms with E-state index in [9.17, 15) is 9.59 Å². The van der Waals surface area contributed by atoms with E-state index in [1.807, 2.05) is 16.7 Å². The van der Waals surface area contributed by atoms with E-state index in [1.165, 1.54) is 46.7 Å². The lowest BCUT2D eigenvalue weighted by molar-refractivity contribution is -0.136. The molecule has 3 heterocycles. The van der Waals surface area contributed by atoms with Crippen LogP contribution >= 0.6 is 23.1 Å². The number of aromatic nitrogens is 1. The normalized spacial score (nSPS) is 30.2. The van der Waals surface area contributed by atoms with Gasteiger partial charge in [-0.05, 0) is 54.7 Å². The van der Waals surface area contributed by atoms with Crippen molar-refractivity contribution in [3.8, 4) is 0 Å². The fourth-order valence-electron chi connectivity index (χ4n) is 6.49. The Hall–Kier alpha value is -1.77. The average Bonchev–Trinajstić information content (AvgIpc) is 3.53. The van der Waals surface area contributed by atoms with E-state index in [1.54, 1.807) is 4.57 Å². The van der Waals surface area contributed by atoms with Crippen LogP contribution in [0.25, 0.3) is 0 Å². The molecule has 2 bridgehead atoms. The number of hydrogen-bond acceptors (Lipinski definition) is 6. The molecule has 176 valence electrons. The molecule has 1 aromatic heterocycles. The van der Waals surface area contributed by atoms with Gasteiger partial charge in [-0.2, -0.15) is 0 Å². The highest BCUT2D eigenvalue weighted by molar-refractivity contribution is 8.00. The maximum Gasteiger partial charge on any atom is 0.308 e. The number of carbonyl (C=O) groups is 1. The highest BCUT2D eigenvalue weighted by Gasteiger charge is 2.55. The molecular formula is C25H31N3O3S2. The molecule has 2 aliphatic carbocycles. The minimum atomic E-state index is 0.0105. The topological polar surface area (TPSA) is 54.8 Å². The molecule has 4 unspecified atom stereocenters. The molecule has 2 saturated carbocycles. The standard InChI is InChI=1S/C25H31N3O3S2/c1-26(2)18-7-5-15(6-8-18)20-21-16-3-4-17(13-16)22(21)32-24-23(20)33-25(30)28(24)14-19(29)27-9-11-31-12-10-27/h5-8,16-17,20-22H,3-4,9-14H2,1-2H3/t16?,17?,20-,21?,22?/m0/s1. The highest BCUT2D eigenvalue weighted by Crippen LogP contribution is 2.64. The molecule has 8 heteroatoms. The zero-order valence-electron chi connectivity index (χ0n) is 19.2. The first-order chi connectivity index (χ1) is 16.0. The molecule has 3 fully saturated rings. The van der Waals surface area contributed by atoms with E-state index in [0.717, 1.165) is 16.9 Å². The van der Waals surface area contributed by atoms with Crippen molar-refractivity contribution in [2.75, 3.05) is 45.3 Å². The van der Waals surface area contributed by atoms with Gasteiger partial charge in [-0.1, -0.05) is 23.5 Å². The number of ether oxygens (including phenoxy) is 1. The zero-order chi connectivity index (χ0) is 22.7. The Labute approximate surface area is 202 Å². The highest BCUT2D eigenvalue weighted by atomic mass is 32.2. The molecule has 1 saturated heterocycles. The lowest BCUT2D eigenvalue weighted by atomic mass is 9.75. The fourth-order valence-corrected chi connectivity index (χ4v) is 9.64. The summed E-state index contributed by atoms with van der Waals surface area (Å²) >= 11 is 3.28. The smallest absolute Gasteiger partial charge is 0.308 e. The van der Waals surface area contributed by atoms with E-state index in [-0.39, 0.29) is 23.2 Å². The van der Waals surface area contributed by atoms with Crippen molar-refractivity contribution in [2.45, 2.75) is 42.0 Å². The van der Waals surface area contributed by atoms with Gasteiger partial charge in [0.1, 0.15) is 6.54 Å². The van der Waals surface area contributed by atoms with E-state index in [2.05, 4.69) is 43.3 Å².